The van der Waals surface area contributed by atoms with Gasteiger partial charge in [-0.05, 0) is 6.92 Å². The van der Waals surface area contributed by atoms with Crippen LogP contribution in [0, 0.1) is 5.41 Å². The Labute approximate surface area is 143 Å². The second-order valence-electron chi connectivity index (χ2n) is 5.90. The summed E-state index contributed by atoms with van der Waals surface area (Å²) < 4.78 is 11.8. The van der Waals surface area contributed by atoms with Crippen LogP contribution in [0.2, 0.25) is 0 Å². The van der Waals surface area contributed by atoms with Gasteiger partial charge in [-0.1, -0.05) is 0 Å². The van der Waals surface area contributed by atoms with Crippen molar-refractivity contribution in [2.24, 2.45) is 0 Å². The summed E-state index contributed by atoms with van der Waals surface area (Å²) >= 11 is 0. The highest BCUT2D eigenvalue weighted by molar-refractivity contribution is 6.26. The monoisotopic (exact) mass is 346 g/mol. The Kier molecular flexibility index (Phi) is 4.25. The van der Waals surface area contributed by atoms with E-state index in [4.69, 9.17) is 14.9 Å². The SMILES string of the molecule is COCC(=O)OC1CCn2c1nc1c2C(=O)C(C)=C(NC(C)=O)C1=N. The Morgan fingerprint density at radius 2 is 2.16 bits per heavy atom. The number of carbonyl (C=O) groups is 3. The van der Waals surface area contributed by atoms with Crippen molar-refractivity contribution >= 4 is 23.4 Å². The predicted molar refractivity (Wildman–Crippen MR) is 85.2 cm³/mol. The van der Waals surface area contributed by atoms with Crippen molar-refractivity contribution in [1.82, 2.24) is 14.9 Å². The van der Waals surface area contributed by atoms with E-state index in [0.29, 0.717) is 24.5 Å². The lowest BCUT2D eigenvalue weighted by Gasteiger charge is -2.19. The molecule has 9 nitrogen and oxygen atoms in total. The topological polar surface area (TPSA) is 123 Å². The lowest BCUT2D eigenvalue weighted by atomic mass is 9.94. The number of hydrogen-bond donors (Lipinski definition) is 2. The van der Waals surface area contributed by atoms with E-state index in [1.54, 1.807) is 11.5 Å². The molecule has 25 heavy (non-hydrogen) atoms. The highest BCUT2D eigenvalue weighted by Gasteiger charge is 2.39. The average molecular weight is 346 g/mol. The number of amides is 1. The van der Waals surface area contributed by atoms with Crippen LogP contribution in [-0.4, -0.2) is 46.6 Å². The highest BCUT2D eigenvalue weighted by Crippen LogP contribution is 2.35. The zero-order valence-corrected chi connectivity index (χ0v) is 14.1. The Morgan fingerprint density at radius 1 is 1.44 bits per heavy atom. The number of nitrogens with one attached hydrogen (secondary N) is 2. The molecule has 0 fully saturated rings. The smallest absolute Gasteiger partial charge is 0.332 e. The first kappa shape index (κ1) is 17.0. The van der Waals surface area contributed by atoms with Crippen molar-refractivity contribution in [1.29, 1.82) is 5.41 Å². The fourth-order valence-electron chi connectivity index (χ4n) is 3.07. The average Bonchev–Trinajstić information content (AvgIpc) is 3.10. The maximum Gasteiger partial charge on any atom is 0.332 e. The molecule has 1 aliphatic carbocycles. The molecule has 0 saturated heterocycles. The number of rotatable bonds is 4. The number of imidazole rings is 1. The molecular weight excluding hydrogens is 328 g/mol. The lowest BCUT2D eigenvalue weighted by Crippen LogP contribution is -2.33. The fourth-order valence-corrected chi connectivity index (χ4v) is 3.07. The van der Waals surface area contributed by atoms with Gasteiger partial charge in [0.15, 0.2) is 11.9 Å². The van der Waals surface area contributed by atoms with Gasteiger partial charge in [0.05, 0.1) is 5.70 Å². The van der Waals surface area contributed by atoms with E-state index in [1.807, 2.05) is 0 Å². The number of nitrogens with zero attached hydrogens (tertiary/aromatic N) is 2. The van der Waals surface area contributed by atoms with Crippen molar-refractivity contribution in [3.05, 3.63) is 28.5 Å². The van der Waals surface area contributed by atoms with Crippen LogP contribution in [0.4, 0.5) is 0 Å². The molecule has 0 bridgehead atoms. The number of carbonyl (C=O) groups excluding carboxylic acids is 3. The zero-order valence-electron chi connectivity index (χ0n) is 14.1. The molecule has 1 aromatic rings. The van der Waals surface area contributed by atoms with E-state index in [1.165, 1.54) is 14.0 Å². The fraction of sp³-hybridized carbons (Fsp3) is 0.438. The van der Waals surface area contributed by atoms with Gasteiger partial charge < -0.3 is 19.4 Å². The molecule has 2 aliphatic rings. The molecule has 132 valence electrons. The van der Waals surface area contributed by atoms with Gasteiger partial charge in [-0.2, -0.15) is 0 Å². The predicted octanol–water partition coefficient (Wildman–Crippen LogP) is 0.492. The van der Waals surface area contributed by atoms with Crippen LogP contribution in [0.5, 0.6) is 0 Å². The third-order valence-corrected chi connectivity index (χ3v) is 4.15. The third-order valence-electron chi connectivity index (χ3n) is 4.15. The van der Waals surface area contributed by atoms with E-state index in [2.05, 4.69) is 10.3 Å². The van der Waals surface area contributed by atoms with Gasteiger partial charge in [-0.15, -0.1) is 0 Å². The molecule has 2 heterocycles. The summed E-state index contributed by atoms with van der Waals surface area (Å²) in [7, 11) is 1.40. The molecule has 3 rings (SSSR count). The summed E-state index contributed by atoms with van der Waals surface area (Å²) in [5.74, 6) is -0.744. The van der Waals surface area contributed by atoms with E-state index in [0.717, 1.165) is 0 Å². The first-order valence-corrected chi connectivity index (χ1v) is 7.76. The number of ketones is 1. The second kappa shape index (κ2) is 6.25. The normalized spacial score (nSPS) is 18.9. The van der Waals surface area contributed by atoms with Gasteiger partial charge in [-0.3, -0.25) is 15.0 Å². The molecule has 0 aromatic carbocycles. The quantitative estimate of drug-likeness (QED) is 0.765. The minimum absolute atomic E-state index is 0.0221. The van der Waals surface area contributed by atoms with Crippen molar-refractivity contribution < 1.29 is 23.9 Å². The van der Waals surface area contributed by atoms with E-state index >= 15 is 0 Å². The van der Waals surface area contributed by atoms with Gasteiger partial charge in [-0.25, -0.2) is 9.78 Å². The summed E-state index contributed by atoms with van der Waals surface area (Å²) in [6, 6.07) is 0. The largest absolute Gasteiger partial charge is 0.452 e. The van der Waals surface area contributed by atoms with Crippen LogP contribution in [0.15, 0.2) is 11.3 Å². The molecule has 0 radical (unpaired) electrons. The molecule has 9 heteroatoms. The van der Waals surface area contributed by atoms with Crippen LogP contribution >= 0.6 is 0 Å². The third kappa shape index (κ3) is 2.76. The Balaban J connectivity index is 1.97. The van der Waals surface area contributed by atoms with Crippen LogP contribution in [0.3, 0.4) is 0 Å². The first-order valence-electron chi connectivity index (χ1n) is 7.76. The number of allylic oxidation sites excluding steroid dienone is 2. The van der Waals surface area contributed by atoms with Gasteiger partial charge in [0.1, 0.15) is 23.7 Å². The number of hydrogen-bond acceptors (Lipinski definition) is 7. The summed E-state index contributed by atoms with van der Waals surface area (Å²) in [5.41, 5.74) is 0.926. The number of methoxy groups -OCH3 is 1. The van der Waals surface area contributed by atoms with E-state index in [-0.39, 0.29) is 41.0 Å². The maximum atomic E-state index is 12.7. The first-order chi connectivity index (χ1) is 11.8. The van der Waals surface area contributed by atoms with Gasteiger partial charge >= 0.3 is 5.97 Å². The van der Waals surface area contributed by atoms with Crippen LogP contribution < -0.4 is 5.32 Å². The van der Waals surface area contributed by atoms with Crippen LogP contribution in [-0.2, 0) is 25.6 Å². The van der Waals surface area contributed by atoms with Gasteiger partial charge in [0.25, 0.3) is 0 Å². The molecular formula is C16H18N4O5. The molecule has 1 amide bonds. The van der Waals surface area contributed by atoms with Gasteiger partial charge in [0, 0.05) is 32.6 Å². The number of aromatic nitrogens is 2. The Morgan fingerprint density at radius 3 is 2.80 bits per heavy atom. The van der Waals surface area contributed by atoms with Crippen molar-refractivity contribution in [2.45, 2.75) is 32.9 Å². The second-order valence-corrected chi connectivity index (χ2v) is 5.90. The summed E-state index contributed by atoms with van der Waals surface area (Å²) in [6.07, 6.45) is -0.0779. The standard InChI is InChI=1S/C16H18N4O5/c1-7-12(18-8(2)21)11(17)13-14(15(7)23)20-5-4-9(16(20)19-13)25-10(22)6-24-3/h9,17H,4-6H2,1-3H3,(H,18,21). The summed E-state index contributed by atoms with van der Waals surface area (Å²) in [5, 5.41) is 10.8. The van der Waals surface area contributed by atoms with Gasteiger partial charge in [0.2, 0.25) is 11.7 Å². The molecule has 2 N–H and O–H groups in total. The van der Waals surface area contributed by atoms with Crippen molar-refractivity contribution in [3.8, 4) is 0 Å². The number of fused-ring (bicyclic) bond motifs is 3. The maximum absolute atomic E-state index is 12.7. The molecule has 1 atom stereocenters. The van der Waals surface area contributed by atoms with E-state index in [9.17, 15) is 14.4 Å². The van der Waals surface area contributed by atoms with Crippen molar-refractivity contribution in [3.63, 3.8) is 0 Å². The molecule has 0 saturated carbocycles. The van der Waals surface area contributed by atoms with Crippen LogP contribution in [0.1, 0.15) is 48.4 Å². The number of Topliss-reactive ketones (excluding diaryl/α,β-unsaturated/α-hetero) is 1. The number of ether oxygens (including phenoxy) is 2. The highest BCUT2D eigenvalue weighted by atomic mass is 16.6. The molecule has 1 aliphatic heterocycles. The van der Waals surface area contributed by atoms with E-state index < -0.39 is 12.1 Å². The molecule has 1 aromatic heterocycles. The van der Waals surface area contributed by atoms with Crippen molar-refractivity contribution in [2.75, 3.05) is 13.7 Å². The molecule has 1 unspecified atom stereocenters. The zero-order chi connectivity index (χ0) is 18.3. The van der Waals surface area contributed by atoms with Crippen LogP contribution in [0.25, 0.3) is 0 Å². The minimum atomic E-state index is -0.585. The molecule has 0 spiro atoms. The Hall–Kier alpha value is -2.81. The minimum Gasteiger partial charge on any atom is -0.452 e. The lowest BCUT2D eigenvalue weighted by molar-refractivity contribution is -0.153. The Bertz CT molecular complexity index is 836. The summed E-state index contributed by atoms with van der Waals surface area (Å²) in [6.45, 7) is 3.17. The summed E-state index contributed by atoms with van der Waals surface area (Å²) in [4.78, 5) is 40.1. The number of esters is 1.